The van der Waals surface area contributed by atoms with Crippen molar-refractivity contribution in [1.82, 2.24) is 0 Å². The first-order chi connectivity index (χ1) is 15.3. The van der Waals surface area contributed by atoms with Gasteiger partial charge in [-0.15, -0.1) is 0 Å². The number of halogens is 3. The van der Waals surface area contributed by atoms with Crippen LogP contribution in [0.2, 0.25) is 0 Å². The van der Waals surface area contributed by atoms with Crippen molar-refractivity contribution in [3.63, 3.8) is 0 Å². The van der Waals surface area contributed by atoms with Gasteiger partial charge in [-0.2, -0.15) is 18.3 Å². The molecule has 0 unspecified atom stereocenters. The van der Waals surface area contributed by atoms with Gasteiger partial charge in [0.15, 0.2) is 18.1 Å². The predicted molar refractivity (Wildman–Crippen MR) is 116 cm³/mol. The maximum Gasteiger partial charge on any atom is 0.416 e. The van der Waals surface area contributed by atoms with Gasteiger partial charge in [0.05, 0.1) is 24.6 Å². The Morgan fingerprint density at radius 3 is 2.44 bits per heavy atom. The van der Waals surface area contributed by atoms with Gasteiger partial charge < -0.3 is 14.8 Å². The largest absolute Gasteiger partial charge is 0.493 e. The highest BCUT2D eigenvalue weighted by atomic mass is 19.4. The lowest BCUT2D eigenvalue weighted by Crippen LogP contribution is -2.20. The molecule has 3 aromatic carbocycles. The summed E-state index contributed by atoms with van der Waals surface area (Å²) in [6.07, 6.45) is -3.00. The number of hydrogen-bond acceptors (Lipinski definition) is 5. The average molecular weight is 443 g/mol. The highest BCUT2D eigenvalue weighted by Crippen LogP contribution is 2.31. The van der Waals surface area contributed by atoms with Crippen LogP contribution in [0.25, 0.3) is 0 Å². The number of ether oxygens (including phenoxy) is 2. The number of amides is 1. The standard InChI is InChI=1S/C23H20F3N3O3/c1-31-21-12-16(14-27-29-19-9-5-6-17(13-19)23(24,25)26)10-11-20(21)32-15-22(30)28-18-7-3-2-4-8-18/h2-14,29H,15H2,1H3,(H,28,30). The number of hydrogen-bond donors (Lipinski definition) is 2. The average Bonchev–Trinajstić information content (AvgIpc) is 2.78. The number of anilines is 2. The molecule has 0 aliphatic carbocycles. The van der Waals surface area contributed by atoms with Crippen LogP contribution in [0.15, 0.2) is 77.9 Å². The molecule has 1 amide bonds. The third-order valence-corrected chi connectivity index (χ3v) is 4.20. The van der Waals surface area contributed by atoms with Gasteiger partial charge in [-0.3, -0.25) is 10.2 Å². The zero-order valence-electron chi connectivity index (χ0n) is 17.0. The summed E-state index contributed by atoms with van der Waals surface area (Å²) >= 11 is 0. The van der Waals surface area contributed by atoms with E-state index in [2.05, 4.69) is 15.8 Å². The third kappa shape index (κ3) is 6.49. The molecule has 32 heavy (non-hydrogen) atoms. The number of methoxy groups -OCH3 is 1. The van der Waals surface area contributed by atoms with Crippen molar-refractivity contribution in [3.05, 3.63) is 83.9 Å². The van der Waals surface area contributed by atoms with E-state index in [0.29, 0.717) is 22.7 Å². The van der Waals surface area contributed by atoms with E-state index in [4.69, 9.17) is 9.47 Å². The SMILES string of the molecule is COc1cc(C=NNc2cccc(C(F)(F)F)c2)ccc1OCC(=O)Nc1ccccc1. The van der Waals surface area contributed by atoms with Crippen LogP contribution in [-0.2, 0) is 11.0 Å². The Kier molecular flexibility index (Phi) is 7.33. The zero-order chi connectivity index (χ0) is 23.0. The maximum absolute atomic E-state index is 12.8. The number of hydrazone groups is 1. The maximum atomic E-state index is 12.8. The Morgan fingerprint density at radius 1 is 0.969 bits per heavy atom. The topological polar surface area (TPSA) is 71.9 Å². The second-order valence-electron chi connectivity index (χ2n) is 6.56. The van der Waals surface area contributed by atoms with Crippen molar-refractivity contribution >= 4 is 23.5 Å². The summed E-state index contributed by atoms with van der Waals surface area (Å²) in [6, 6.07) is 18.6. The number of para-hydroxylation sites is 1. The van der Waals surface area contributed by atoms with Crippen LogP contribution in [0, 0.1) is 0 Å². The van der Waals surface area contributed by atoms with Crippen LogP contribution in [0.4, 0.5) is 24.5 Å². The van der Waals surface area contributed by atoms with Crippen molar-refractivity contribution in [3.8, 4) is 11.5 Å². The number of alkyl halides is 3. The van der Waals surface area contributed by atoms with Gasteiger partial charge in [-0.05, 0) is 54.1 Å². The normalized spacial score (nSPS) is 11.2. The molecule has 0 radical (unpaired) electrons. The molecule has 2 N–H and O–H groups in total. The highest BCUT2D eigenvalue weighted by molar-refractivity contribution is 5.91. The molecule has 3 aromatic rings. The van der Waals surface area contributed by atoms with Crippen molar-refractivity contribution in [2.45, 2.75) is 6.18 Å². The molecule has 0 atom stereocenters. The van der Waals surface area contributed by atoms with Crippen LogP contribution in [0.1, 0.15) is 11.1 Å². The van der Waals surface area contributed by atoms with E-state index >= 15 is 0 Å². The number of nitrogens with one attached hydrogen (secondary N) is 2. The summed E-state index contributed by atoms with van der Waals surface area (Å²) < 4.78 is 49.2. The first-order valence-corrected chi connectivity index (χ1v) is 9.47. The van der Waals surface area contributed by atoms with Gasteiger partial charge in [0.1, 0.15) is 0 Å². The van der Waals surface area contributed by atoms with E-state index in [1.165, 1.54) is 25.5 Å². The molecule has 166 valence electrons. The fourth-order valence-corrected chi connectivity index (χ4v) is 2.69. The Bertz CT molecular complexity index is 1090. The molecule has 0 spiro atoms. The van der Waals surface area contributed by atoms with E-state index < -0.39 is 11.7 Å². The molecule has 0 saturated carbocycles. The smallest absolute Gasteiger partial charge is 0.416 e. The number of carbonyl (C=O) groups is 1. The minimum Gasteiger partial charge on any atom is -0.493 e. The van der Waals surface area contributed by atoms with E-state index in [9.17, 15) is 18.0 Å². The summed E-state index contributed by atoms with van der Waals surface area (Å²) in [4.78, 5) is 12.0. The van der Waals surface area contributed by atoms with Gasteiger partial charge in [-0.1, -0.05) is 24.3 Å². The van der Waals surface area contributed by atoms with E-state index in [1.54, 1.807) is 30.3 Å². The molecule has 6 nitrogen and oxygen atoms in total. The van der Waals surface area contributed by atoms with Crippen LogP contribution in [-0.4, -0.2) is 25.8 Å². The summed E-state index contributed by atoms with van der Waals surface area (Å²) in [5.41, 5.74) is 3.27. The fraction of sp³-hybridized carbons (Fsp3) is 0.130. The number of benzene rings is 3. The summed E-state index contributed by atoms with van der Waals surface area (Å²) in [5, 5.41) is 6.67. The molecule has 3 rings (SSSR count). The first-order valence-electron chi connectivity index (χ1n) is 9.47. The molecule has 0 aliphatic heterocycles. The zero-order valence-corrected chi connectivity index (χ0v) is 17.0. The van der Waals surface area contributed by atoms with Gasteiger partial charge in [0, 0.05) is 5.69 Å². The molecule has 0 heterocycles. The minimum atomic E-state index is -4.43. The summed E-state index contributed by atoms with van der Waals surface area (Å²) in [5.74, 6) is 0.411. The van der Waals surface area contributed by atoms with Crippen molar-refractivity contribution < 1.29 is 27.4 Å². The number of rotatable bonds is 8. The Balaban J connectivity index is 1.59. The molecule has 0 bridgehead atoms. The highest BCUT2D eigenvalue weighted by Gasteiger charge is 2.30. The number of carbonyl (C=O) groups excluding carboxylic acids is 1. The second kappa shape index (κ2) is 10.3. The fourth-order valence-electron chi connectivity index (χ4n) is 2.69. The van der Waals surface area contributed by atoms with Crippen LogP contribution in [0.3, 0.4) is 0 Å². The lowest BCUT2D eigenvalue weighted by atomic mass is 10.2. The lowest BCUT2D eigenvalue weighted by molar-refractivity contribution is -0.137. The van der Waals surface area contributed by atoms with Crippen LogP contribution in [0.5, 0.6) is 11.5 Å². The van der Waals surface area contributed by atoms with E-state index in [1.807, 2.05) is 18.2 Å². The molecule has 0 saturated heterocycles. The molecule has 0 aromatic heterocycles. The van der Waals surface area contributed by atoms with Gasteiger partial charge in [-0.25, -0.2) is 0 Å². The quantitative estimate of drug-likeness (QED) is 0.372. The minimum absolute atomic E-state index is 0.201. The molecule has 0 fully saturated rings. The lowest BCUT2D eigenvalue weighted by Gasteiger charge is -2.11. The van der Waals surface area contributed by atoms with Crippen molar-refractivity contribution in [2.24, 2.45) is 5.10 Å². The summed E-state index contributed by atoms with van der Waals surface area (Å²) in [6.45, 7) is -0.213. The first kappa shape index (κ1) is 22.7. The molecular formula is C23H20F3N3O3. The summed E-state index contributed by atoms with van der Waals surface area (Å²) in [7, 11) is 1.45. The monoisotopic (exact) mass is 443 g/mol. The van der Waals surface area contributed by atoms with Gasteiger partial charge >= 0.3 is 6.18 Å². The third-order valence-electron chi connectivity index (χ3n) is 4.20. The second-order valence-corrected chi connectivity index (χ2v) is 6.56. The predicted octanol–water partition coefficient (Wildman–Crippen LogP) is 5.18. The molecule has 0 aliphatic rings. The molecular weight excluding hydrogens is 423 g/mol. The van der Waals surface area contributed by atoms with Gasteiger partial charge in [0.2, 0.25) is 0 Å². The van der Waals surface area contributed by atoms with Crippen LogP contribution >= 0.6 is 0 Å². The van der Waals surface area contributed by atoms with E-state index in [-0.39, 0.29) is 18.2 Å². The van der Waals surface area contributed by atoms with Crippen molar-refractivity contribution in [2.75, 3.05) is 24.5 Å². The van der Waals surface area contributed by atoms with E-state index in [0.717, 1.165) is 12.1 Å². The Morgan fingerprint density at radius 2 is 1.72 bits per heavy atom. The Hall–Kier alpha value is -4.01. The van der Waals surface area contributed by atoms with Crippen LogP contribution < -0.4 is 20.2 Å². The van der Waals surface area contributed by atoms with Gasteiger partial charge in [0.25, 0.3) is 5.91 Å². The molecule has 9 heteroatoms. The van der Waals surface area contributed by atoms with Crippen molar-refractivity contribution in [1.29, 1.82) is 0 Å². The number of nitrogens with zero attached hydrogens (tertiary/aromatic N) is 1. The Labute approximate surface area is 182 Å².